The first kappa shape index (κ1) is 13.5. The maximum atomic E-state index is 5.82. The van der Waals surface area contributed by atoms with Crippen LogP contribution in [0.25, 0.3) is 0 Å². The molecule has 0 amide bonds. The molecule has 0 aliphatic rings. The highest BCUT2D eigenvalue weighted by atomic mass is 16.4. The third-order valence-electron chi connectivity index (χ3n) is 3.41. The van der Waals surface area contributed by atoms with Gasteiger partial charge in [-0.25, -0.2) is 4.98 Å². The SMILES string of the molecule is CC(C)(Cc1ccccc1)c1nnc(Cn2ccnc2)o1. The Morgan fingerprint density at radius 2 is 1.95 bits per heavy atom. The van der Waals surface area contributed by atoms with Crippen LogP contribution in [-0.2, 0) is 18.4 Å². The third kappa shape index (κ3) is 3.18. The zero-order valence-corrected chi connectivity index (χ0v) is 12.2. The molecule has 5 nitrogen and oxygen atoms in total. The van der Waals surface area contributed by atoms with Gasteiger partial charge in [0, 0.05) is 17.8 Å². The van der Waals surface area contributed by atoms with Crippen LogP contribution < -0.4 is 0 Å². The predicted molar refractivity (Wildman–Crippen MR) is 78.8 cm³/mol. The Balaban J connectivity index is 1.75. The molecular weight excluding hydrogens is 264 g/mol. The molecule has 0 radical (unpaired) electrons. The van der Waals surface area contributed by atoms with Gasteiger partial charge >= 0.3 is 0 Å². The van der Waals surface area contributed by atoms with Crippen molar-refractivity contribution in [1.29, 1.82) is 0 Å². The highest BCUT2D eigenvalue weighted by Gasteiger charge is 2.27. The summed E-state index contributed by atoms with van der Waals surface area (Å²) in [6.07, 6.45) is 6.20. The minimum atomic E-state index is -0.193. The van der Waals surface area contributed by atoms with Gasteiger partial charge in [0.25, 0.3) is 0 Å². The number of imidazole rings is 1. The van der Waals surface area contributed by atoms with Crippen molar-refractivity contribution in [2.24, 2.45) is 0 Å². The first-order valence-corrected chi connectivity index (χ1v) is 6.96. The number of aromatic nitrogens is 4. The van der Waals surface area contributed by atoms with Gasteiger partial charge in [-0.3, -0.25) is 0 Å². The maximum absolute atomic E-state index is 5.82. The Morgan fingerprint density at radius 1 is 1.14 bits per heavy atom. The summed E-state index contributed by atoms with van der Waals surface area (Å²) >= 11 is 0. The van der Waals surface area contributed by atoms with Crippen LogP contribution in [-0.4, -0.2) is 19.7 Å². The van der Waals surface area contributed by atoms with Crippen LogP contribution in [0, 0.1) is 0 Å². The summed E-state index contributed by atoms with van der Waals surface area (Å²) in [6.45, 7) is 4.79. The van der Waals surface area contributed by atoms with E-state index in [2.05, 4.69) is 41.2 Å². The van der Waals surface area contributed by atoms with Gasteiger partial charge in [-0.05, 0) is 12.0 Å². The second-order valence-corrected chi connectivity index (χ2v) is 5.78. The molecular formula is C16H18N4O. The van der Waals surface area contributed by atoms with Crippen LogP contribution in [0.3, 0.4) is 0 Å². The smallest absolute Gasteiger partial charge is 0.236 e. The van der Waals surface area contributed by atoms with Crippen LogP contribution >= 0.6 is 0 Å². The van der Waals surface area contributed by atoms with E-state index in [1.807, 2.05) is 29.0 Å². The highest BCUT2D eigenvalue weighted by Crippen LogP contribution is 2.26. The van der Waals surface area contributed by atoms with E-state index < -0.39 is 0 Å². The molecule has 1 aromatic carbocycles. The topological polar surface area (TPSA) is 56.7 Å². The van der Waals surface area contributed by atoms with Gasteiger partial charge in [0.15, 0.2) is 0 Å². The molecule has 2 heterocycles. The van der Waals surface area contributed by atoms with Gasteiger partial charge < -0.3 is 8.98 Å². The van der Waals surface area contributed by atoms with Crippen LogP contribution in [0.15, 0.2) is 53.5 Å². The number of nitrogens with zero attached hydrogens (tertiary/aromatic N) is 4. The summed E-state index contributed by atoms with van der Waals surface area (Å²) in [5.41, 5.74) is 1.07. The fourth-order valence-corrected chi connectivity index (χ4v) is 2.31. The normalized spacial score (nSPS) is 11.7. The van der Waals surface area contributed by atoms with E-state index in [4.69, 9.17) is 4.42 Å². The molecule has 108 valence electrons. The van der Waals surface area contributed by atoms with E-state index in [0.29, 0.717) is 18.3 Å². The lowest BCUT2D eigenvalue weighted by Crippen LogP contribution is -2.21. The van der Waals surface area contributed by atoms with Gasteiger partial charge in [-0.1, -0.05) is 44.2 Å². The Morgan fingerprint density at radius 3 is 2.67 bits per heavy atom. The molecule has 21 heavy (non-hydrogen) atoms. The Kier molecular flexibility index (Phi) is 3.56. The van der Waals surface area contributed by atoms with Gasteiger partial charge in [-0.15, -0.1) is 10.2 Å². The van der Waals surface area contributed by atoms with Gasteiger partial charge in [0.1, 0.15) is 6.54 Å². The van der Waals surface area contributed by atoms with Crippen molar-refractivity contribution in [3.8, 4) is 0 Å². The Bertz CT molecular complexity index is 686. The lowest BCUT2D eigenvalue weighted by Gasteiger charge is -2.19. The Hall–Kier alpha value is -2.43. The molecule has 0 bridgehead atoms. The van der Waals surface area contributed by atoms with E-state index in [1.165, 1.54) is 5.56 Å². The van der Waals surface area contributed by atoms with E-state index >= 15 is 0 Å². The van der Waals surface area contributed by atoms with Gasteiger partial charge in [0.2, 0.25) is 11.8 Å². The molecule has 0 saturated carbocycles. The fourth-order valence-electron chi connectivity index (χ4n) is 2.31. The summed E-state index contributed by atoms with van der Waals surface area (Å²) in [4.78, 5) is 4.00. The van der Waals surface area contributed by atoms with E-state index in [-0.39, 0.29) is 5.41 Å². The van der Waals surface area contributed by atoms with Crippen molar-refractivity contribution in [3.05, 3.63) is 66.4 Å². The second kappa shape index (κ2) is 5.52. The zero-order valence-electron chi connectivity index (χ0n) is 12.2. The predicted octanol–water partition coefficient (Wildman–Crippen LogP) is 2.83. The average Bonchev–Trinajstić information content (AvgIpc) is 3.12. The Labute approximate surface area is 123 Å². The van der Waals surface area contributed by atoms with Crippen LogP contribution in [0.2, 0.25) is 0 Å². The number of hydrogen-bond donors (Lipinski definition) is 0. The summed E-state index contributed by atoms with van der Waals surface area (Å²) in [6, 6.07) is 10.3. The van der Waals surface area contributed by atoms with Crippen molar-refractivity contribution in [3.63, 3.8) is 0 Å². The quantitative estimate of drug-likeness (QED) is 0.722. The largest absolute Gasteiger partial charge is 0.423 e. The number of rotatable bonds is 5. The molecule has 0 saturated heterocycles. The fraction of sp³-hybridized carbons (Fsp3) is 0.312. The molecule has 0 aliphatic carbocycles. The molecule has 0 unspecified atom stereocenters. The van der Waals surface area contributed by atoms with Crippen molar-refractivity contribution in [1.82, 2.24) is 19.7 Å². The molecule has 3 rings (SSSR count). The lowest BCUT2D eigenvalue weighted by molar-refractivity contribution is 0.346. The summed E-state index contributed by atoms with van der Waals surface area (Å²) in [7, 11) is 0. The van der Waals surface area contributed by atoms with Crippen molar-refractivity contribution in [2.75, 3.05) is 0 Å². The van der Waals surface area contributed by atoms with Crippen LogP contribution in [0.5, 0.6) is 0 Å². The maximum Gasteiger partial charge on any atom is 0.236 e. The number of hydrogen-bond acceptors (Lipinski definition) is 4. The molecule has 0 atom stereocenters. The second-order valence-electron chi connectivity index (χ2n) is 5.78. The molecule has 0 fully saturated rings. The standard InChI is InChI=1S/C16H18N4O/c1-16(2,10-13-6-4-3-5-7-13)15-19-18-14(21-15)11-20-9-8-17-12-20/h3-9,12H,10-11H2,1-2H3. The monoisotopic (exact) mass is 282 g/mol. The first-order chi connectivity index (χ1) is 10.1. The summed E-state index contributed by atoms with van der Waals surface area (Å²) < 4.78 is 7.73. The molecule has 2 aromatic heterocycles. The van der Waals surface area contributed by atoms with E-state index in [1.54, 1.807) is 12.5 Å². The van der Waals surface area contributed by atoms with Crippen molar-refractivity contribution in [2.45, 2.75) is 32.2 Å². The molecule has 0 aliphatic heterocycles. The van der Waals surface area contributed by atoms with Crippen molar-refractivity contribution >= 4 is 0 Å². The minimum absolute atomic E-state index is 0.193. The van der Waals surface area contributed by atoms with E-state index in [0.717, 1.165) is 6.42 Å². The van der Waals surface area contributed by atoms with Gasteiger partial charge in [0.05, 0.1) is 6.33 Å². The summed E-state index contributed by atoms with van der Waals surface area (Å²) in [5, 5.41) is 8.35. The zero-order chi connectivity index (χ0) is 14.7. The highest BCUT2D eigenvalue weighted by molar-refractivity contribution is 5.19. The third-order valence-corrected chi connectivity index (χ3v) is 3.41. The molecule has 3 aromatic rings. The van der Waals surface area contributed by atoms with E-state index in [9.17, 15) is 0 Å². The van der Waals surface area contributed by atoms with Gasteiger partial charge in [-0.2, -0.15) is 0 Å². The summed E-state index contributed by atoms with van der Waals surface area (Å²) in [5.74, 6) is 1.27. The lowest BCUT2D eigenvalue weighted by atomic mass is 9.86. The number of benzene rings is 1. The van der Waals surface area contributed by atoms with Crippen LogP contribution in [0.4, 0.5) is 0 Å². The first-order valence-electron chi connectivity index (χ1n) is 6.96. The average molecular weight is 282 g/mol. The molecule has 5 heteroatoms. The molecule has 0 N–H and O–H groups in total. The molecule has 0 spiro atoms. The van der Waals surface area contributed by atoms with Crippen molar-refractivity contribution < 1.29 is 4.42 Å². The minimum Gasteiger partial charge on any atom is -0.423 e. The van der Waals surface area contributed by atoms with Crippen LogP contribution in [0.1, 0.15) is 31.2 Å².